The van der Waals surface area contributed by atoms with Gasteiger partial charge in [-0.2, -0.15) is 4.57 Å². The van der Waals surface area contributed by atoms with E-state index in [-0.39, 0.29) is 17.4 Å². The van der Waals surface area contributed by atoms with Crippen molar-refractivity contribution in [2.24, 2.45) is 0 Å². The lowest BCUT2D eigenvalue weighted by atomic mass is 9.55. The number of imidazole rings is 1. The second kappa shape index (κ2) is 6.11. The van der Waals surface area contributed by atoms with Crippen molar-refractivity contribution in [1.82, 2.24) is 4.57 Å². The summed E-state index contributed by atoms with van der Waals surface area (Å²) in [6, 6.07) is 24.0. The first kappa shape index (κ1) is 16.9. The first-order chi connectivity index (χ1) is 15.4. The molecular formula is C27H21N2O2+. The molecule has 0 spiro atoms. The highest BCUT2D eigenvalue weighted by Crippen LogP contribution is 2.59. The highest BCUT2D eigenvalue weighted by Gasteiger charge is 2.60. The zero-order valence-corrected chi connectivity index (χ0v) is 16.9. The van der Waals surface area contributed by atoms with Crippen molar-refractivity contribution < 1.29 is 13.4 Å². The Labute approximate surface area is 180 Å². The molecule has 0 unspecified atom stereocenters. The van der Waals surface area contributed by atoms with Gasteiger partial charge in [0, 0.05) is 28.5 Å². The van der Waals surface area contributed by atoms with Crippen LogP contribution >= 0.6 is 0 Å². The van der Waals surface area contributed by atoms with E-state index in [9.17, 15) is 0 Å². The molecule has 3 aromatic heterocycles. The number of furan rings is 2. The normalized spacial score (nSPS) is 20.4. The largest absolute Gasteiger partial charge is 0.472 e. The maximum atomic E-state index is 5.63. The Morgan fingerprint density at radius 2 is 1.48 bits per heavy atom. The summed E-state index contributed by atoms with van der Waals surface area (Å²) in [5, 5.41) is 0. The molecule has 5 heterocycles. The van der Waals surface area contributed by atoms with Gasteiger partial charge in [-0.25, -0.2) is 4.57 Å². The van der Waals surface area contributed by atoms with E-state index >= 15 is 0 Å². The van der Waals surface area contributed by atoms with Crippen molar-refractivity contribution in [3.05, 3.63) is 132 Å². The predicted molar refractivity (Wildman–Crippen MR) is 115 cm³/mol. The van der Waals surface area contributed by atoms with E-state index < -0.39 is 0 Å². The Hall–Kier alpha value is -3.79. The molecule has 2 atom stereocenters. The molecule has 0 saturated carbocycles. The summed E-state index contributed by atoms with van der Waals surface area (Å²) in [4.78, 5) is 0. The molecule has 3 aliphatic rings. The van der Waals surface area contributed by atoms with E-state index in [4.69, 9.17) is 8.83 Å². The molecule has 2 aliphatic heterocycles. The summed E-state index contributed by atoms with van der Waals surface area (Å²) in [6.07, 6.45) is 12.8. The van der Waals surface area contributed by atoms with Gasteiger partial charge in [0.15, 0.2) is 0 Å². The number of para-hydroxylation sites is 1. The zero-order chi connectivity index (χ0) is 20.4. The predicted octanol–water partition coefficient (Wildman–Crippen LogP) is 5.38. The fourth-order valence-corrected chi connectivity index (χ4v) is 6.03. The molecule has 2 aromatic carbocycles. The molecular weight excluding hydrogens is 384 g/mol. The van der Waals surface area contributed by atoms with Gasteiger partial charge in [0.1, 0.15) is 30.0 Å². The highest BCUT2D eigenvalue weighted by molar-refractivity contribution is 5.54. The second-order valence-corrected chi connectivity index (χ2v) is 8.55. The minimum atomic E-state index is -0.260. The van der Waals surface area contributed by atoms with E-state index in [2.05, 4.69) is 88.3 Å². The summed E-state index contributed by atoms with van der Waals surface area (Å²) in [6.45, 7) is 0. The Balaban J connectivity index is 1.58. The fourth-order valence-electron chi connectivity index (χ4n) is 6.03. The number of aromatic nitrogens is 2. The van der Waals surface area contributed by atoms with Crippen molar-refractivity contribution in [3.8, 4) is 5.69 Å². The Kier molecular flexibility index (Phi) is 3.34. The number of benzene rings is 2. The quantitative estimate of drug-likeness (QED) is 0.378. The van der Waals surface area contributed by atoms with Crippen LogP contribution in [0, 0.1) is 0 Å². The summed E-state index contributed by atoms with van der Waals surface area (Å²) in [7, 11) is 0. The summed E-state index contributed by atoms with van der Waals surface area (Å²) < 4.78 is 16.1. The van der Waals surface area contributed by atoms with Crippen LogP contribution < -0.4 is 4.57 Å². The number of rotatable bonds is 3. The van der Waals surface area contributed by atoms with Crippen LogP contribution in [0.1, 0.15) is 46.5 Å². The standard InChI is InChI=1S/C27H21N2O2/c1-2-6-21(7-3-1)28-12-13-29-24-16-27(19-10-14-30-17-19,20-11-15-31-18-20)25(26(28)29)23-9-5-4-8-22(23)24/h1-15,17-18,24-25H,16H2/q+1/t24-,25+/m1/s1. The number of hydrogen-bond donors (Lipinski definition) is 0. The summed E-state index contributed by atoms with van der Waals surface area (Å²) in [5.74, 6) is 1.42. The zero-order valence-electron chi connectivity index (χ0n) is 16.9. The molecule has 0 N–H and O–H groups in total. The molecule has 0 amide bonds. The van der Waals surface area contributed by atoms with E-state index in [1.54, 1.807) is 12.5 Å². The van der Waals surface area contributed by atoms with Crippen LogP contribution in [0.2, 0.25) is 0 Å². The molecule has 0 radical (unpaired) electrons. The first-order valence-electron chi connectivity index (χ1n) is 10.7. The molecule has 150 valence electrons. The van der Waals surface area contributed by atoms with Crippen LogP contribution in [0.3, 0.4) is 0 Å². The Morgan fingerprint density at radius 1 is 0.806 bits per heavy atom. The van der Waals surface area contributed by atoms with Crippen LogP contribution in [0.15, 0.2) is 113 Å². The summed E-state index contributed by atoms with van der Waals surface area (Å²) in [5.41, 5.74) is 6.12. The SMILES string of the molecule is c1ccc(-n2cc[n+]3c2[C@@H]2c4ccccc4[C@H]3CC2(c2ccoc2)c2ccoc2)cc1. The maximum Gasteiger partial charge on any atom is 0.271 e. The van der Waals surface area contributed by atoms with E-state index in [1.807, 2.05) is 12.5 Å². The second-order valence-electron chi connectivity index (χ2n) is 8.55. The van der Waals surface area contributed by atoms with Crippen LogP contribution in [-0.2, 0) is 5.41 Å². The molecule has 31 heavy (non-hydrogen) atoms. The van der Waals surface area contributed by atoms with Crippen LogP contribution in [0.25, 0.3) is 5.69 Å². The minimum absolute atomic E-state index is 0.124. The fraction of sp³-hybridized carbons (Fsp3) is 0.148. The van der Waals surface area contributed by atoms with Gasteiger partial charge in [0.25, 0.3) is 5.82 Å². The molecule has 4 nitrogen and oxygen atoms in total. The van der Waals surface area contributed by atoms with Crippen molar-refractivity contribution in [1.29, 1.82) is 0 Å². The lowest BCUT2D eigenvalue weighted by Crippen LogP contribution is -2.59. The van der Waals surface area contributed by atoms with Gasteiger partial charge in [-0.15, -0.1) is 0 Å². The van der Waals surface area contributed by atoms with Gasteiger partial charge < -0.3 is 8.83 Å². The third kappa shape index (κ3) is 2.12. The van der Waals surface area contributed by atoms with E-state index in [0.717, 1.165) is 6.42 Å². The van der Waals surface area contributed by atoms with Crippen LogP contribution in [0.5, 0.6) is 0 Å². The maximum absolute atomic E-state index is 5.63. The van der Waals surface area contributed by atoms with E-state index in [1.165, 1.54) is 33.8 Å². The molecule has 0 fully saturated rings. The lowest BCUT2D eigenvalue weighted by Gasteiger charge is -2.49. The molecule has 2 bridgehead atoms. The third-order valence-electron chi connectivity index (χ3n) is 7.26. The van der Waals surface area contributed by atoms with Gasteiger partial charge in [0.05, 0.1) is 25.1 Å². The molecule has 4 heteroatoms. The monoisotopic (exact) mass is 405 g/mol. The van der Waals surface area contributed by atoms with Gasteiger partial charge in [-0.1, -0.05) is 42.5 Å². The van der Waals surface area contributed by atoms with Crippen LogP contribution in [0.4, 0.5) is 0 Å². The van der Waals surface area contributed by atoms with Crippen molar-refractivity contribution in [3.63, 3.8) is 0 Å². The minimum Gasteiger partial charge on any atom is -0.472 e. The molecule has 8 rings (SSSR count). The molecule has 5 aromatic rings. The van der Waals surface area contributed by atoms with Crippen LogP contribution in [-0.4, -0.2) is 4.57 Å². The topological polar surface area (TPSA) is 35.1 Å². The van der Waals surface area contributed by atoms with Gasteiger partial charge in [0.2, 0.25) is 0 Å². The number of nitrogens with zero attached hydrogens (tertiary/aromatic N) is 2. The van der Waals surface area contributed by atoms with Crippen molar-refractivity contribution in [2.45, 2.75) is 23.8 Å². The molecule has 1 aliphatic carbocycles. The third-order valence-corrected chi connectivity index (χ3v) is 7.26. The summed E-state index contributed by atoms with van der Waals surface area (Å²) >= 11 is 0. The van der Waals surface area contributed by atoms with E-state index in [0.29, 0.717) is 0 Å². The Morgan fingerprint density at radius 3 is 2.16 bits per heavy atom. The highest BCUT2D eigenvalue weighted by atomic mass is 16.3. The van der Waals surface area contributed by atoms with Gasteiger partial charge in [-0.05, 0) is 29.8 Å². The lowest BCUT2D eigenvalue weighted by molar-refractivity contribution is -0.732. The molecule has 0 saturated heterocycles. The average Bonchev–Trinajstić information content (AvgIpc) is 3.61. The smallest absolute Gasteiger partial charge is 0.271 e. The van der Waals surface area contributed by atoms with Gasteiger partial charge >= 0.3 is 0 Å². The van der Waals surface area contributed by atoms with Gasteiger partial charge in [-0.3, -0.25) is 0 Å². The number of hydrogen-bond acceptors (Lipinski definition) is 2. The van der Waals surface area contributed by atoms with Crippen molar-refractivity contribution in [2.75, 3.05) is 0 Å². The van der Waals surface area contributed by atoms with Crippen molar-refractivity contribution >= 4 is 0 Å². The first-order valence-corrected chi connectivity index (χ1v) is 10.7. The number of fused-ring (bicyclic) bond motifs is 1. The Bertz CT molecular complexity index is 1330. The average molecular weight is 405 g/mol.